The van der Waals surface area contributed by atoms with Crippen LogP contribution in [0.15, 0.2) is 29.4 Å². The molecule has 1 fully saturated rings. The number of aromatic nitrogens is 3. The van der Waals surface area contributed by atoms with Crippen LogP contribution in [0.3, 0.4) is 0 Å². The number of anilines is 1. The molecule has 26 heavy (non-hydrogen) atoms. The predicted octanol–water partition coefficient (Wildman–Crippen LogP) is 2.49. The summed E-state index contributed by atoms with van der Waals surface area (Å²) in [6.07, 6.45) is 3.55. The summed E-state index contributed by atoms with van der Waals surface area (Å²) in [6.45, 7) is 4.47. The summed E-state index contributed by atoms with van der Waals surface area (Å²) in [5.74, 6) is 1.87. The van der Waals surface area contributed by atoms with E-state index in [0.29, 0.717) is 17.5 Å². The number of carbonyl (C=O) groups excluding carboxylic acids is 1. The van der Waals surface area contributed by atoms with Gasteiger partial charge in [-0.1, -0.05) is 23.9 Å². The zero-order valence-corrected chi connectivity index (χ0v) is 16.1. The Hall–Kier alpha value is -2.22. The molecule has 1 N–H and O–H groups in total. The standard InChI is InChI=1S/C18H25N5O2S/c1-3-19-16(24)13-26-18-21-20-17(22-11-7-4-8-12-22)23(18)14-9-5-6-10-15(14)25-2/h5-6,9-10H,3-4,7-8,11-13H2,1-2H3,(H,19,24). The predicted molar refractivity (Wildman–Crippen MR) is 103 cm³/mol. The molecule has 1 aromatic heterocycles. The Bertz CT molecular complexity index is 743. The molecule has 1 aliphatic heterocycles. The lowest BCUT2D eigenvalue weighted by atomic mass is 10.1. The molecule has 0 radical (unpaired) electrons. The van der Waals surface area contributed by atoms with E-state index in [9.17, 15) is 4.79 Å². The van der Waals surface area contributed by atoms with Gasteiger partial charge in [-0.25, -0.2) is 0 Å². The van der Waals surface area contributed by atoms with Crippen LogP contribution < -0.4 is 15.0 Å². The second kappa shape index (κ2) is 8.93. The van der Waals surface area contributed by atoms with Crippen molar-refractivity contribution in [2.45, 2.75) is 31.3 Å². The molecule has 0 unspecified atom stereocenters. The minimum Gasteiger partial charge on any atom is -0.495 e. The topological polar surface area (TPSA) is 72.3 Å². The average molecular weight is 375 g/mol. The largest absolute Gasteiger partial charge is 0.495 e. The number of amides is 1. The van der Waals surface area contributed by atoms with Crippen molar-refractivity contribution in [3.63, 3.8) is 0 Å². The molecule has 0 aliphatic carbocycles. The maximum absolute atomic E-state index is 11.9. The van der Waals surface area contributed by atoms with Crippen LogP contribution in [-0.2, 0) is 4.79 Å². The fourth-order valence-electron chi connectivity index (χ4n) is 3.06. The number of carbonyl (C=O) groups is 1. The monoisotopic (exact) mass is 375 g/mol. The summed E-state index contributed by atoms with van der Waals surface area (Å²) < 4.78 is 7.56. The second-order valence-corrected chi connectivity index (χ2v) is 7.02. The lowest BCUT2D eigenvalue weighted by Gasteiger charge is -2.28. The maximum Gasteiger partial charge on any atom is 0.232 e. The number of thioether (sulfide) groups is 1. The molecule has 0 atom stereocenters. The molecule has 0 spiro atoms. The van der Waals surface area contributed by atoms with Crippen molar-refractivity contribution in [1.29, 1.82) is 0 Å². The molecule has 1 saturated heterocycles. The van der Waals surface area contributed by atoms with E-state index >= 15 is 0 Å². The van der Waals surface area contributed by atoms with Crippen molar-refractivity contribution < 1.29 is 9.53 Å². The molecule has 1 aromatic carbocycles. The van der Waals surface area contributed by atoms with Crippen LogP contribution in [0, 0.1) is 0 Å². The molecular weight excluding hydrogens is 350 g/mol. The summed E-state index contributed by atoms with van der Waals surface area (Å²) in [5, 5.41) is 12.3. The van der Waals surface area contributed by atoms with E-state index in [2.05, 4.69) is 20.4 Å². The van der Waals surface area contributed by atoms with Gasteiger partial charge in [0.05, 0.1) is 18.6 Å². The zero-order chi connectivity index (χ0) is 18.4. The number of para-hydroxylation sites is 2. The first-order valence-corrected chi connectivity index (χ1v) is 9.96. The van der Waals surface area contributed by atoms with Crippen LogP contribution in [0.2, 0.25) is 0 Å². The van der Waals surface area contributed by atoms with Crippen LogP contribution in [0.4, 0.5) is 5.95 Å². The lowest BCUT2D eigenvalue weighted by molar-refractivity contribution is -0.118. The Morgan fingerprint density at radius 1 is 1.23 bits per heavy atom. The van der Waals surface area contributed by atoms with Crippen LogP contribution in [0.1, 0.15) is 26.2 Å². The van der Waals surface area contributed by atoms with Gasteiger partial charge in [0.2, 0.25) is 11.9 Å². The van der Waals surface area contributed by atoms with E-state index in [0.717, 1.165) is 43.3 Å². The molecule has 0 bridgehead atoms. The van der Waals surface area contributed by atoms with Gasteiger partial charge in [0.1, 0.15) is 5.75 Å². The summed E-state index contributed by atoms with van der Waals surface area (Å²) in [5.41, 5.74) is 0.888. The first-order valence-electron chi connectivity index (χ1n) is 8.97. The minimum absolute atomic E-state index is 0.00778. The Morgan fingerprint density at radius 3 is 2.73 bits per heavy atom. The molecule has 1 aliphatic rings. The van der Waals surface area contributed by atoms with Crippen molar-refractivity contribution in [2.75, 3.05) is 37.4 Å². The van der Waals surface area contributed by atoms with Crippen molar-refractivity contribution >= 4 is 23.6 Å². The molecule has 0 saturated carbocycles. The fraction of sp³-hybridized carbons (Fsp3) is 0.500. The quantitative estimate of drug-likeness (QED) is 0.750. The molecule has 2 heterocycles. The van der Waals surface area contributed by atoms with Gasteiger partial charge < -0.3 is 15.0 Å². The summed E-state index contributed by atoms with van der Waals surface area (Å²) >= 11 is 1.39. The first kappa shape index (κ1) is 18.6. The number of rotatable bonds is 7. The molecule has 3 rings (SSSR count). The van der Waals surface area contributed by atoms with Crippen molar-refractivity contribution in [3.8, 4) is 11.4 Å². The molecule has 2 aromatic rings. The number of nitrogens with zero attached hydrogens (tertiary/aromatic N) is 4. The van der Waals surface area contributed by atoms with Gasteiger partial charge in [-0.05, 0) is 38.3 Å². The van der Waals surface area contributed by atoms with E-state index in [4.69, 9.17) is 4.74 Å². The summed E-state index contributed by atoms with van der Waals surface area (Å²) in [7, 11) is 1.66. The Labute approximate surface area is 158 Å². The van der Waals surface area contributed by atoms with Gasteiger partial charge in [-0.2, -0.15) is 0 Å². The Balaban J connectivity index is 1.96. The van der Waals surface area contributed by atoms with Gasteiger partial charge in [-0.15, -0.1) is 10.2 Å². The summed E-state index contributed by atoms with van der Waals surface area (Å²) in [4.78, 5) is 14.1. The van der Waals surface area contributed by atoms with E-state index in [-0.39, 0.29) is 5.91 Å². The van der Waals surface area contributed by atoms with E-state index in [1.807, 2.05) is 35.8 Å². The second-order valence-electron chi connectivity index (χ2n) is 6.08. The van der Waals surface area contributed by atoms with E-state index in [1.165, 1.54) is 18.2 Å². The van der Waals surface area contributed by atoms with Crippen molar-refractivity contribution in [1.82, 2.24) is 20.1 Å². The highest BCUT2D eigenvalue weighted by Gasteiger charge is 2.23. The Kier molecular flexibility index (Phi) is 6.38. The third-order valence-electron chi connectivity index (χ3n) is 4.29. The normalized spacial score (nSPS) is 14.3. The fourth-order valence-corrected chi connectivity index (χ4v) is 3.83. The molecule has 8 heteroatoms. The van der Waals surface area contributed by atoms with Crippen molar-refractivity contribution in [3.05, 3.63) is 24.3 Å². The number of hydrogen-bond acceptors (Lipinski definition) is 6. The third-order valence-corrected chi connectivity index (χ3v) is 5.22. The number of methoxy groups -OCH3 is 1. The van der Waals surface area contributed by atoms with Crippen LogP contribution in [-0.4, -0.2) is 53.2 Å². The van der Waals surface area contributed by atoms with E-state index in [1.54, 1.807) is 7.11 Å². The van der Waals surface area contributed by atoms with Gasteiger partial charge in [0, 0.05) is 19.6 Å². The maximum atomic E-state index is 11.9. The molecular formula is C18H25N5O2S. The van der Waals surface area contributed by atoms with Gasteiger partial charge in [0.25, 0.3) is 0 Å². The number of ether oxygens (including phenoxy) is 1. The SMILES string of the molecule is CCNC(=O)CSc1nnc(N2CCCCC2)n1-c1ccccc1OC. The van der Waals surface area contributed by atoms with E-state index < -0.39 is 0 Å². The Morgan fingerprint density at radius 2 is 2.00 bits per heavy atom. The van der Waals surface area contributed by atoms with Gasteiger partial charge >= 0.3 is 0 Å². The molecule has 140 valence electrons. The van der Waals surface area contributed by atoms with Crippen LogP contribution in [0.5, 0.6) is 5.75 Å². The number of hydrogen-bond donors (Lipinski definition) is 1. The zero-order valence-electron chi connectivity index (χ0n) is 15.3. The first-order chi connectivity index (χ1) is 12.7. The van der Waals surface area contributed by atoms with Gasteiger partial charge in [0.15, 0.2) is 5.16 Å². The van der Waals surface area contributed by atoms with Crippen LogP contribution in [0.25, 0.3) is 5.69 Å². The highest BCUT2D eigenvalue weighted by Crippen LogP contribution is 2.32. The highest BCUT2D eigenvalue weighted by atomic mass is 32.2. The minimum atomic E-state index is -0.00778. The summed E-state index contributed by atoms with van der Waals surface area (Å²) in [6, 6.07) is 7.82. The van der Waals surface area contributed by atoms with Crippen molar-refractivity contribution in [2.24, 2.45) is 0 Å². The number of piperidine rings is 1. The third kappa shape index (κ3) is 4.12. The number of benzene rings is 1. The lowest BCUT2D eigenvalue weighted by Crippen LogP contribution is -2.31. The molecule has 7 nitrogen and oxygen atoms in total. The number of nitrogens with one attached hydrogen (secondary N) is 1. The highest BCUT2D eigenvalue weighted by molar-refractivity contribution is 7.99. The average Bonchev–Trinajstić information content (AvgIpc) is 3.11. The smallest absolute Gasteiger partial charge is 0.232 e. The van der Waals surface area contributed by atoms with Crippen LogP contribution >= 0.6 is 11.8 Å². The van der Waals surface area contributed by atoms with Gasteiger partial charge in [-0.3, -0.25) is 9.36 Å². The molecule has 1 amide bonds.